The number of benzene rings is 1. The van der Waals surface area contributed by atoms with E-state index in [1.54, 1.807) is 0 Å². The third kappa shape index (κ3) is 1.77. The molecule has 0 aliphatic rings. The summed E-state index contributed by atoms with van der Waals surface area (Å²) in [7, 11) is 1.21. The van der Waals surface area contributed by atoms with Crippen LogP contribution in [0.2, 0.25) is 0 Å². The fourth-order valence-corrected chi connectivity index (χ4v) is 1.06. The Morgan fingerprint density at radius 3 is 2.57 bits per heavy atom. The van der Waals surface area contributed by atoms with Gasteiger partial charge in [-0.1, -0.05) is 0 Å². The Kier molecular flexibility index (Phi) is 2.93. The number of rotatable bonds is 2. The largest absolute Gasteiger partial charge is 0.507 e. The number of phenols is 2. The predicted octanol–water partition coefficient (Wildman–Crippen LogP) is 0.343. The van der Waals surface area contributed by atoms with Gasteiger partial charge in [0.15, 0.2) is 0 Å². The molecule has 0 amide bonds. The minimum Gasteiger partial charge on any atom is -0.507 e. The Morgan fingerprint density at radius 1 is 1.43 bits per heavy atom. The van der Waals surface area contributed by atoms with Crippen molar-refractivity contribution in [3.05, 3.63) is 23.3 Å². The average molecular weight is 197 g/mol. The number of hydrogen-bond donors (Lipinski definition) is 3. The van der Waals surface area contributed by atoms with Crippen molar-refractivity contribution in [3.63, 3.8) is 0 Å². The Hall–Kier alpha value is -1.75. The fraction of sp³-hybridized carbons (Fsp3) is 0.222. The number of esters is 1. The molecular formula is C9H11NO4. The van der Waals surface area contributed by atoms with Crippen LogP contribution in [-0.2, 0) is 11.3 Å². The van der Waals surface area contributed by atoms with Crippen molar-refractivity contribution < 1.29 is 19.7 Å². The molecule has 0 spiro atoms. The van der Waals surface area contributed by atoms with Crippen LogP contribution in [0.5, 0.6) is 11.5 Å². The van der Waals surface area contributed by atoms with Crippen LogP contribution in [-0.4, -0.2) is 23.3 Å². The molecule has 0 fully saturated rings. The van der Waals surface area contributed by atoms with E-state index in [0.717, 1.165) is 6.07 Å². The van der Waals surface area contributed by atoms with Gasteiger partial charge in [0.05, 0.1) is 7.11 Å². The van der Waals surface area contributed by atoms with E-state index in [1.807, 2.05) is 0 Å². The highest BCUT2D eigenvalue weighted by molar-refractivity contribution is 5.92. The van der Waals surface area contributed by atoms with Gasteiger partial charge in [-0.15, -0.1) is 0 Å². The summed E-state index contributed by atoms with van der Waals surface area (Å²) in [6.07, 6.45) is 0. The van der Waals surface area contributed by atoms with Crippen molar-refractivity contribution in [1.29, 1.82) is 0 Å². The van der Waals surface area contributed by atoms with Gasteiger partial charge in [0.25, 0.3) is 0 Å². The summed E-state index contributed by atoms with van der Waals surface area (Å²) < 4.78 is 4.44. The molecule has 0 saturated heterocycles. The number of nitrogens with two attached hydrogens (primary N) is 1. The van der Waals surface area contributed by atoms with Crippen LogP contribution >= 0.6 is 0 Å². The summed E-state index contributed by atoms with van der Waals surface area (Å²) in [5.74, 6) is -1.14. The molecule has 0 unspecified atom stereocenters. The highest BCUT2D eigenvalue weighted by atomic mass is 16.5. The molecule has 1 aromatic carbocycles. The van der Waals surface area contributed by atoms with Crippen molar-refractivity contribution in [3.8, 4) is 11.5 Å². The summed E-state index contributed by atoms with van der Waals surface area (Å²) in [4.78, 5) is 11.1. The zero-order valence-electron chi connectivity index (χ0n) is 7.65. The molecule has 0 bridgehead atoms. The van der Waals surface area contributed by atoms with E-state index < -0.39 is 5.97 Å². The molecular weight excluding hydrogens is 186 g/mol. The summed E-state index contributed by atoms with van der Waals surface area (Å²) in [6, 6.07) is 2.37. The maximum Gasteiger partial charge on any atom is 0.341 e. The highest BCUT2D eigenvalue weighted by Crippen LogP contribution is 2.27. The minimum absolute atomic E-state index is 0.00856. The number of hydrogen-bond acceptors (Lipinski definition) is 5. The molecule has 0 aromatic heterocycles. The van der Waals surface area contributed by atoms with Crippen LogP contribution in [0.1, 0.15) is 15.9 Å². The second-order valence-electron chi connectivity index (χ2n) is 2.69. The minimum atomic E-state index is -0.669. The van der Waals surface area contributed by atoms with Crippen LogP contribution in [0, 0.1) is 0 Å². The first-order chi connectivity index (χ1) is 6.60. The average Bonchev–Trinajstić information content (AvgIpc) is 2.17. The number of aromatic hydroxyl groups is 2. The first kappa shape index (κ1) is 10.3. The molecule has 0 aliphatic heterocycles. The first-order valence-electron chi connectivity index (χ1n) is 3.93. The van der Waals surface area contributed by atoms with Crippen molar-refractivity contribution in [2.75, 3.05) is 7.11 Å². The molecule has 0 saturated carbocycles. The van der Waals surface area contributed by atoms with Gasteiger partial charge in [-0.25, -0.2) is 4.79 Å². The van der Waals surface area contributed by atoms with Crippen LogP contribution in [0.25, 0.3) is 0 Å². The van der Waals surface area contributed by atoms with Crippen molar-refractivity contribution in [2.24, 2.45) is 5.73 Å². The molecule has 4 N–H and O–H groups in total. The van der Waals surface area contributed by atoms with Crippen LogP contribution < -0.4 is 5.73 Å². The lowest BCUT2D eigenvalue weighted by atomic mass is 10.1. The number of ether oxygens (including phenoxy) is 1. The molecule has 1 rings (SSSR count). The Bertz CT molecular complexity index is 362. The second-order valence-corrected chi connectivity index (χ2v) is 2.69. The van der Waals surface area contributed by atoms with E-state index in [2.05, 4.69) is 4.74 Å². The molecule has 5 heteroatoms. The second kappa shape index (κ2) is 3.97. The summed E-state index contributed by atoms with van der Waals surface area (Å²) in [5.41, 5.74) is 5.69. The smallest absolute Gasteiger partial charge is 0.341 e. The number of carbonyl (C=O) groups excluding carboxylic acids is 1. The van der Waals surface area contributed by atoms with Crippen molar-refractivity contribution in [2.45, 2.75) is 6.54 Å². The van der Waals surface area contributed by atoms with Crippen LogP contribution in [0.15, 0.2) is 12.1 Å². The molecule has 0 atom stereocenters. The Balaban J connectivity index is 3.24. The van der Waals surface area contributed by atoms with Gasteiger partial charge in [0, 0.05) is 18.2 Å². The van der Waals surface area contributed by atoms with Gasteiger partial charge >= 0.3 is 5.97 Å². The monoisotopic (exact) mass is 197 g/mol. The molecule has 0 aliphatic carbocycles. The Labute approximate surface area is 80.7 Å². The van der Waals surface area contributed by atoms with Crippen LogP contribution in [0.4, 0.5) is 0 Å². The Morgan fingerprint density at radius 2 is 2.07 bits per heavy atom. The van der Waals surface area contributed by atoms with E-state index in [0.29, 0.717) is 5.56 Å². The summed E-state index contributed by atoms with van der Waals surface area (Å²) >= 11 is 0. The van der Waals surface area contributed by atoms with Gasteiger partial charge in [-0.2, -0.15) is 0 Å². The molecule has 5 nitrogen and oxygen atoms in total. The third-order valence-electron chi connectivity index (χ3n) is 1.82. The zero-order valence-corrected chi connectivity index (χ0v) is 7.65. The highest BCUT2D eigenvalue weighted by Gasteiger charge is 2.14. The number of methoxy groups -OCH3 is 1. The summed E-state index contributed by atoms with van der Waals surface area (Å²) in [5, 5.41) is 18.6. The van der Waals surface area contributed by atoms with E-state index in [9.17, 15) is 15.0 Å². The van der Waals surface area contributed by atoms with Gasteiger partial charge in [0.1, 0.15) is 17.1 Å². The maximum absolute atomic E-state index is 11.1. The maximum atomic E-state index is 11.1. The topological polar surface area (TPSA) is 92.8 Å². The van der Waals surface area contributed by atoms with Crippen molar-refractivity contribution in [1.82, 2.24) is 0 Å². The molecule has 0 radical (unpaired) electrons. The van der Waals surface area contributed by atoms with Gasteiger partial charge < -0.3 is 20.7 Å². The normalized spacial score (nSPS) is 9.86. The van der Waals surface area contributed by atoms with Gasteiger partial charge in [-0.05, 0) is 6.07 Å². The fourth-order valence-electron chi connectivity index (χ4n) is 1.06. The van der Waals surface area contributed by atoms with Gasteiger partial charge in [0.2, 0.25) is 0 Å². The van der Waals surface area contributed by atoms with Gasteiger partial charge in [-0.3, -0.25) is 0 Å². The van der Waals surface area contributed by atoms with E-state index in [-0.39, 0.29) is 23.6 Å². The lowest BCUT2D eigenvalue weighted by molar-refractivity contribution is 0.0597. The van der Waals surface area contributed by atoms with E-state index in [4.69, 9.17) is 5.73 Å². The summed E-state index contributed by atoms with van der Waals surface area (Å²) in [6.45, 7) is 0.0795. The quantitative estimate of drug-likeness (QED) is 0.594. The molecule has 0 heterocycles. The standard InChI is InChI=1S/C9H11NO4/c1-14-9(13)6-2-5(4-10)7(11)3-8(6)12/h2-3,11-12H,4,10H2,1H3. The first-order valence-corrected chi connectivity index (χ1v) is 3.93. The van der Waals surface area contributed by atoms with Crippen molar-refractivity contribution >= 4 is 5.97 Å². The molecule has 14 heavy (non-hydrogen) atoms. The van der Waals surface area contributed by atoms with Crippen LogP contribution in [0.3, 0.4) is 0 Å². The van der Waals surface area contributed by atoms with E-state index >= 15 is 0 Å². The lowest BCUT2D eigenvalue weighted by Crippen LogP contribution is -2.04. The SMILES string of the molecule is COC(=O)c1cc(CN)c(O)cc1O. The zero-order chi connectivity index (χ0) is 10.7. The number of phenolic OH excluding ortho intramolecular Hbond substituents is 2. The lowest BCUT2D eigenvalue weighted by Gasteiger charge is -2.06. The van der Waals surface area contributed by atoms with E-state index in [1.165, 1.54) is 13.2 Å². The number of carbonyl (C=O) groups is 1. The molecule has 76 valence electrons. The predicted molar refractivity (Wildman–Crippen MR) is 49.0 cm³/mol. The third-order valence-corrected chi connectivity index (χ3v) is 1.82. The molecule has 1 aromatic rings.